The molecule has 0 fully saturated rings. The minimum atomic E-state index is -4.03. The lowest BCUT2D eigenvalue weighted by Gasteiger charge is -2.26. The molecule has 0 saturated carbocycles. The molecule has 1 aliphatic heterocycles. The fraction of sp³-hybridized carbons (Fsp3) is 0.400. The number of amides is 2. The number of carboxylic acids is 1. The average Bonchev–Trinajstić information content (AvgIpc) is 2.77. The van der Waals surface area contributed by atoms with E-state index in [0.717, 1.165) is 4.90 Å². The molecule has 0 spiro atoms. The highest BCUT2D eigenvalue weighted by atomic mass is 31.2. The van der Waals surface area contributed by atoms with E-state index in [4.69, 9.17) is 9.05 Å². The topological polar surface area (TPSA) is 110 Å². The number of carboxylic acid groups (broad SMARTS) is 1. The molecular weight excluding hydrogens is 337 g/mol. The monoisotopic (exact) mass is 355 g/mol. The number of aliphatic carboxylic acids is 1. The molecule has 1 N–H and O–H groups in total. The predicted octanol–water partition coefficient (Wildman–Crippen LogP) is 2.00. The van der Waals surface area contributed by atoms with Gasteiger partial charge in [-0.1, -0.05) is 12.1 Å². The lowest BCUT2D eigenvalue weighted by molar-refractivity contribution is -0.137. The summed E-state index contributed by atoms with van der Waals surface area (Å²) in [5, 5.41) is 9.43. The number of nitrogens with zero attached hydrogens (tertiary/aromatic N) is 1. The molecule has 0 bridgehead atoms. The molecule has 130 valence electrons. The number of carbonyl (C=O) groups excluding carboxylic acids is 2. The summed E-state index contributed by atoms with van der Waals surface area (Å²) in [6.07, 6.45) is 0. The minimum Gasteiger partial charge on any atom is -0.481 e. The standard InChI is InChI=1S/C15H18NO7P/c1-3-22-24(21,23-4-2)12(15(19)20)9-16-13(17)10-7-5-6-8-11(10)14(16)18/h5-8,12H,3-4,9H2,1-2H3,(H,19,20). The molecule has 9 heteroatoms. The summed E-state index contributed by atoms with van der Waals surface area (Å²) < 4.78 is 22.9. The molecule has 0 aromatic heterocycles. The summed E-state index contributed by atoms with van der Waals surface area (Å²) in [6, 6.07) is 6.17. The summed E-state index contributed by atoms with van der Waals surface area (Å²) in [5.74, 6) is -2.71. The van der Waals surface area contributed by atoms with E-state index in [1.165, 1.54) is 12.1 Å². The number of hydrogen-bond donors (Lipinski definition) is 1. The van der Waals surface area contributed by atoms with Gasteiger partial charge in [0.05, 0.1) is 30.9 Å². The van der Waals surface area contributed by atoms with Gasteiger partial charge in [0.15, 0.2) is 5.66 Å². The van der Waals surface area contributed by atoms with Crippen molar-refractivity contribution in [2.24, 2.45) is 0 Å². The number of rotatable bonds is 8. The number of hydrogen-bond acceptors (Lipinski definition) is 6. The fourth-order valence-corrected chi connectivity index (χ4v) is 4.26. The van der Waals surface area contributed by atoms with E-state index in [0.29, 0.717) is 0 Å². The first-order chi connectivity index (χ1) is 11.4. The van der Waals surface area contributed by atoms with Crippen LogP contribution in [-0.4, -0.2) is 53.2 Å². The van der Waals surface area contributed by atoms with Crippen molar-refractivity contribution in [3.63, 3.8) is 0 Å². The van der Waals surface area contributed by atoms with E-state index in [2.05, 4.69) is 0 Å². The average molecular weight is 355 g/mol. The first kappa shape index (κ1) is 18.3. The Morgan fingerprint density at radius 2 is 1.58 bits per heavy atom. The van der Waals surface area contributed by atoms with Crippen molar-refractivity contribution in [2.75, 3.05) is 19.8 Å². The molecule has 0 radical (unpaired) electrons. The number of fused-ring (bicyclic) bond motifs is 1. The lowest BCUT2D eigenvalue weighted by Crippen LogP contribution is -2.41. The molecule has 2 amide bonds. The normalized spacial score (nSPS) is 15.5. The van der Waals surface area contributed by atoms with Crippen molar-refractivity contribution in [3.05, 3.63) is 35.4 Å². The van der Waals surface area contributed by atoms with E-state index >= 15 is 0 Å². The van der Waals surface area contributed by atoms with Crippen LogP contribution >= 0.6 is 7.60 Å². The Kier molecular flexibility index (Phi) is 5.54. The van der Waals surface area contributed by atoms with E-state index in [1.54, 1.807) is 26.0 Å². The third kappa shape index (κ3) is 3.26. The van der Waals surface area contributed by atoms with E-state index < -0.39 is 37.6 Å². The Bertz CT molecular complexity index is 673. The summed E-state index contributed by atoms with van der Waals surface area (Å²) in [4.78, 5) is 37.1. The molecule has 1 heterocycles. The quantitative estimate of drug-likeness (QED) is 0.561. The van der Waals surface area contributed by atoms with Gasteiger partial charge in [-0.25, -0.2) is 0 Å². The zero-order valence-corrected chi connectivity index (χ0v) is 14.2. The Morgan fingerprint density at radius 3 is 1.96 bits per heavy atom. The summed E-state index contributed by atoms with van der Waals surface area (Å²) in [5.41, 5.74) is -1.27. The van der Waals surface area contributed by atoms with Crippen LogP contribution < -0.4 is 0 Å². The molecule has 1 atom stereocenters. The second-order valence-electron chi connectivity index (χ2n) is 5.00. The first-order valence-corrected chi connectivity index (χ1v) is 9.03. The highest BCUT2D eigenvalue weighted by molar-refractivity contribution is 7.55. The smallest absolute Gasteiger partial charge is 0.346 e. The van der Waals surface area contributed by atoms with Gasteiger partial charge in [0.2, 0.25) is 0 Å². The maximum absolute atomic E-state index is 12.8. The number of imide groups is 1. The summed E-state index contributed by atoms with van der Waals surface area (Å²) in [7, 11) is -4.03. The zero-order chi connectivity index (χ0) is 17.9. The Balaban J connectivity index is 2.33. The van der Waals surface area contributed by atoms with Gasteiger partial charge in [-0.3, -0.25) is 23.8 Å². The van der Waals surface area contributed by atoms with Crippen molar-refractivity contribution in [1.82, 2.24) is 4.90 Å². The van der Waals surface area contributed by atoms with Gasteiger partial charge in [-0.05, 0) is 26.0 Å². The molecule has 8 nitrogen and oxygen atoms in total. The number of carbonyl (C=O) groups is 3. The van der Waals surface area contributed by atoms with Crippen LogP contribution in [0.2, 0.25) is 0 Å². The molecule has 0 saturated heterocycles. The van der Waals surface area contributed by atoms with Gasteiger partial charge in [0.25, 0.3) is 11.8 Å². The van der Waals surface area contributed by atoms with Gasteiger partial charge in [-0.15, -0.1) is 0 Å². The van der Waals surface area contributed by atoms with Crippen LogP contribution in [0.1, 0.15) is 34.6 Å². The van der Waals surface area contributed by atoms with Gasteiger partial charge in [-0.2, -0.15) is 0 Å². The lowest BCUT2D eigenvalue weighted by atomic mass is 10.1. The van der Waals surface area contributed by atoms with Gasteiger partial charge >= 0.3 is 13.6 Å². The predicted molar refractivity (Wildman–Crippen MR) is 84.1 cm³/mol. The van der Waals surface area contributed by atoms with E-state index in [-0.39, 0.29) is 24.3 Å². The maximum atomic E-state index is 12.8. The molecule has 1 aromatic carbocycles. The van der Waals surface area contributed by atoms with Crippen LogP contribution in [0, 0.1) is 0 Å². The van der Waals surface area contributed by atoms with Crippen LogP contribution in [0.5, 0.6) is 0 Å². The van der Waals surface area contributed by atoms with Crippen molar-refractivity contribution in [1.29, 1.82) is 0 Å². The zero-order valence-electron chi connectivity index (χ0n) is 13.3. The van der Waals surface area contributed by atoms with Crippen LogP contribution in [0.4, 0.5) is 0 Å². The Labute approximate surface area is 138 Å². The third-order valence-corrected chi connectivity index (χ3v) is 5.90. The highest BCUT2D eigenvalue weighted by Gasteiger charge is 2.46. The fourth-order valence-electron chi connectivity index (χ4n) is 2.47. The number of benzene rings is 1. The second-order valence-corrected chi connectivity index (χ2v) is 7.22. The minimum absolute atomic E-state index is 0.0246. The second kappa shape index (κ2) is 7.25. The molecule has 0 aliphatic carbocycles. The van der Waals surface area contributed by atoms with Gasteiger partial charge in [0, 0.05) is 0 Å². The highest BCUT2D eigenvalue weighted by Crippen LogP contribution is 2.53. The SMILES string of the molecule is CCOP(=O)(OCC)C(CN1C(=O)c2ccccc2C1=O)C(=O)O. The van der Waals surface area contributed by atoms with Crippen LogP contribution in [-0.2, 0) is 18.4 Å². The van der Waals surface area contributed by atoms with Crippen molar-refractivity contribution >= 4 is 25.4 Å². The summed E-state index contributed by atoms with van der Waals surface area (Å²) >= 11 is 0. The third-order valence-electron chi connectivity index (χ3n) is 3.52. The molecule has 1 aliphatic rings. The first-order valence-electron chi connectivity index (χ1n) is 7.42. The molecular formula is C15H18NO7P. The van der Waals surface area contributed by atoms with E-state index in [1.807, 2.05) is 0 Å². The molecule has 2 rings (SSSR count). The molecule has 1 aromatic rings. The van der Waals surface area contributed by atoms with Crippen LogP contribution in [0.15, 0.2) is 24.3 Å². The van der Waals surface area contributed by atoms with Crippen LogP contribution in [0.3, 0.4) is 0 Å². The summed E-state index contributed by atoms with van der Waals surface area (Å²) in [6.45, 7) is 2.46. The Hall–Kier alpha value is -2.02. The van der Waals surface area contributed by atoms with Gasteiger partial charge < -0.3 is 14.2 Å². The molecule has 24 heavy (non-hydrogen) atoms. The Morgan fingerprint density at radius 1 is 1.12 bits per heavy atom. The van der Waals surface area contributed by atoms with Crippen molar-refractivity contribution in [2.45, 2.75) is 19.5 Å². The maximum Gasteiger partial charge on any atom is 0.346 e. The molecule has 1 unspecified atom stereocenters. The van der Waals surface area contributed by atoms with Gasteiger partial charge in [0.1, 0.15) is 0 Å². The largest absolute Gasteiger partial charge is 0.481 e. The van der Waals surface area contributed by atoms with E-state index in [9.17, 15) is 24.1 Å². The van der Waals surface area contributed by atoms with Crippen molar-refractivity contribution in [3.8, 4) is 0 Å². The van der Waals surface area contributed by atoms with Crippen molar-refractivity contribution < 1.29 is 33.1 Å². The van der Waals surface area contributed by atoms with Crippen LogP contribution in [0.25, 0.3) is 0 Å².